The van der Waals surface area contributed by atoms with E-state index in [0.29, 0.717) is 5.92 Å². The summed E-state index contributed by atoms with van der Waals surface area (Å²) >= 11 is 1.75. The molecule has 1 aromatic rings. The van der Waals surface area contributed by atoms with Gasteiger partial charge in [0.2, 0.25) is 0 Å². The molecule has 0 fully saturated rings. The van der Waals surface area contributed by atoms with Gasteiger partial charge in [0.25, 0.3) is 0 Å². The number of hydrogen-bond donors (Lipinski definition) is 0. The van der Waals surface area contributed by atoms with Crippen molar-refractivity contribution < 1.29 is 4.21 Å². The summed E-state index contributed by atoms with van der Waals surface area (Å²) in [5, 5.41) is 2.08. The molecule has 0 bridgehead atoms. The lowest BCUT2D eigenvalue weighted by atomic mass is 10.2. The van der Waals surface area contributed by atoms with Crippen LogP contribution in [0.25, 0.3) is 0 Å². The maximum Gasteiger partial charge on any atom is 0.0283 e. The van der Waals surface area contributed by atoms with E-state index in [1.807, 2.05) is 0 Å². The Balaban J connectivity index is 2.15. The Bertz CT molecular complexity index is 265. The first-order chi connectivity index (χ1) is 6.68. The van der Waals surface area contributed by atoms with Gasteiger partial charge in [-0.15, -0.1) is 11.3 Å². The normalized spacial score (nSPS) is 13.4. The van der Waals surface area contributed by atoms with E-state index in [9.17, 15) is 4.21 Å². The fraction of sp³-hybridized carbons (Fsp3) is 0.636. The summed E-state index contributed by atoms with van der Waals surface area (Å²) in [6.07, 6.45) is 2.05. The zero-order valence-corrected chi connectivity index (χ0v) is 10.5. The number of rotatable bonds is 6. The summed E-state index contributed by atoms with van der Waals surface area (Å²) < 4.78 is 11.6. The second-order valence-electron chi connectivity index (χ2n) is 3.86. The smallest absolute Gasteiger partial charge is 0.0283 e. The lowest BCUT2D eigenvalue weighted by Gasteiger charge is -2.03. The average molecular weight is 230 g/mol. The molecule has 14 heavy (non-hydrogen) atoms. The van der Waals surface area contributed by atoms with Gasteiger partial charge in [0.1, 0.15) is 0 Å². The molecular formula is C11H18OS2. The van der Waals surface area contributed by atoms with E-state index >= 15 is 0 Å². The van der Waals surface area contributed by atoms with Crippen LogP contribution >= 0.6 is 11.3 Å². The van der Waals surface area contributed by atoms with Crippen LogP contribution in [0.5, 0.6) is 0 Å². The molecule has 1 unspecified atom stereocenters. The van der Waals surface area contributed by atoms with Crippen LogP contribution in [0.3, 0.4) is 0 Å². The lowest BCUT2D eigenvalue weighted by Crippen LogP contribution is -2.06. The Hall–Kier alpha value is -0.150. The zero-order chi connectivity index (χ0) is 10.4. The molecule has 1 aromatic heterocycles. The summed E-state index contributed by atoms with van der Waals surface area (Å²) in [5.41, 5.74) is 0. The fourth-order valence-electron chi connectivity index (χ4n) is 1.14. The second-order valence-corrected chi connectivity index (χ2v) is 6.59. The van der Waals surface area contributed by atoms with Gasteiger partial charge in [-0.25, -0.2) is 0 Å². The molecule has 0 spiro atoms. The first-order valence-electron chi connectivity index (χ1n) is 5.06. The fourth-order valence-corrected chi connectivity index (χ4v) is 3.36. The number of thiophene rings is 1. The van der Waals surface area contributed by atoms with E-state index in [2.05, 4.69) is 31.4 Å². The minimum absolute atomic E-state index is 0.619. The van der Waals surface area contributed by atoms with E-state index in [1.165, 1.54) is 4.88 Å². The van der Waals surface area contributed by atoms with E-state index in [-0.39, 0.29) is 0 Å². The third-order valence-electron chi connectivity index (χ3n) is 2.08. The Kier molecular flexibility index (Phi) is 5.41. The largest absolute Gasteiger partial charge is 0.260 e. The predicted octanol–water partition coefficient (Wildman–Crippen LogP) is 3.09. The molecule has 1 rings (SSSR count). The van der Waals surface area contributed by atoms with E-state index in [1.54, 1.807) is 11.3 Å². The standard InChI is InChI=1S/C11H18OS2/c1-10(2)5-8-14(12)9-6-11-4-3-7-13-11/h3-4,7,10H,5-6,8-9H2,1-2H3. The molecule has 3 heteroatoms. The minimum Gasteiger partial charge on any atom is -0.260 e. The first kappa shape index (κ1) is 11.9. The molecule has 0 saturated heterocycles. The van der Waals surface area contributed by atoms with Crippen molar-refractivity contribution in [3.63, 3.8) is 0 Å². The van der Waals surface area contributed by atoms with Crippen LogP contribution in [-0.2, 0) is 17.2 Å². The molecule has 0 amide bonds. The van der Waals surface area contributed by atoms with Crippen molar-refractivity contribution in [2.24, 2.45) is 5.92 Å². The average Bonchev–Trinajstić information content (AvgIpc) is 2.63. The maximum absolute atomic E-state index is 11.6. The molecule has 1 nitrogen and oxygen atoms in total. The lowest BCUT2D eigenvalue weighted by molar-refractivity contribution is 0.619. The minimum atomic E-state index is -0.619. The molecule has 0 aliphatic carbocycles. The van der Waals surface area contributed by atoms with Crippen molar-refractivity contribution in [1.82, 2.24) is 0 Å². The van der Waals surface area contributed by atoms with Crippen LogP contribution in [0, 0.1) is 5.92 Å². The molecule has 80 valence electrons. The molecule has 1 heterocycles. The Morgan fingerprint density at radius 3 is 2.79 bits per heavy atom. The van der Waals surface area contributed by atoms with Crippen LogP contribution in [0.4, 0.5) is 0 Å². The number of aryl methyl sites for hydroxylation is 1. The van der Waals surface area contributed by atoms with Crippen molar-refractivity contribution in [3.05, 3.63) is 22.4 Å². The molecule has 1 atom stereocenters. The van der Waals surface area contributed by atoms with Gasteiger partial charge in [0.15, 0.2) is 0 Å². The van der Waals surface area contributed by atoms with Crippen LogP contribution in [-0.4, -0.2) is 15.7 Å². The molecular weight excluding hydrogens is 212 g/mol. The summed E-state index contributed by atoms with van der Waals surface area (Å²) in [5.74, 6) is 2.36. The number of hydrogen-bond acceptors (Lipinski definition) is 2. The molecule has 0 saturated carbocycles. The van der Waals surface area contributed by atoms with Crippen LogP contribution in [0.15, 0.2) is 17.5 Å². The van der Waals surface area contributed by atoms with Gasteiger partial charge in [0.05, 0.1) is 0 Å². The maximum atomic E-state index is 11.6. The molecule has 0 aliphatic rings. The van der Waals surface area contributed by atoms with Crippen molar-refractivity contribution in [2.75, 3.05) is 11.5 Å². The summed E-state index contributed by atoms with van der Waals surface area (Å²) in [4.78, 5) is 1.35. The third kappa shape index (κ3) is 4.91. The van der Waals surface area contributed by atoms with Crippen LogP contribution in [0.1, 0.15) is 25.1 Å². The van der Waals surface area contributed by atoms with E-state index < -0.39 is 10.8 Å². The summed E-state index contributed by atoms with van der Waals surface area (Å²) in [6, 6.07) is 4.17. The quantitative estimate of drug-likeness (QED) is 0.734. The van der Waals surface area contributed by atoms with Crippen LogP contribution in [0.2, 0.25) is 0 Å². The summed E-state index contributed by atoms with van der Waals surface area (Å²) in [6.45, 7) is 4.35. The van der Waals surface area contributed by atoms with Gasteiger partial charge in [0, 0.05) is 27.2 Å². The van der Waals surface area contributed by atoms with Crippen molar-refractivity contribution in [1.29, 1.82) is 0 Å². The van der Waals surface area contributed by atoms with Gasteiger partial charge in [-0.1, -0.05) is 19.9 Å². The van der Waals surface area contributed by atoms with Gasteiger partial charge >= 0.3 is 0 Å². The summed E-state index contributed by atoms with van der Waals surface area (Å²) in [7, 11) is -0.619. The monoisotopic (exact) mass is 230 g/mol. The van der Waals surface area contributed by atoms with Crippen molar-refractivity contribution >= 4 is 22.1 Å². The molecule has 0 radical (unpaired) electrons. The third-order valence-corrected chi connectivity index (χ3v) is 4.37. The highest BCUT2D eigenvalue weighted by molar-refractivity contribution is 7.84. The van der Waals surface area contributed by atoms with Crippen molar-refractivity contribution in [3.8, 4) is 0 Å². The van der Waals surface area contributed by atoms with Gasteiger partial charge in [-0.05, 0) is 30.2 Å². The van der Waals surface area contributed by atoms with Gasteiger partial charge in [-0.3, -0.25) is 4.21 Å². The predicted molar refractivity (Wildman–Crippen MR) is 65.4 cm³/mol. The molecule has 0 N–H and O–H groups in total. The van der Waals surface area contributed by atoms with Crippen molar-refractivity contribution in [2.45, 2.75) is 26.7 Å². The Morgan fingerprint density at radius 2 is 2.21 bits per heavy atom. The molecule has 0 aromatic carbocycles. The first-order valence-corrected chi connectivity index (χ1v) is 7.42. The highest BCUT2D eigenvalue weighted by Gasteiger charge is 2.03. The van der Waals surface area contributed by atoms with Crippen LogP contribution < -0.4 is 0 Å². The van der Waals surface area contributed by atoms with Gasteiger partial charge in [-0.2, -0.15) is 0 Å². The van der Waals surface area contributed by atoms with Gasteiger partial charge < -0.3 is 0 Å². The van der Waals surface area contributed by atoms with E-state index in [4.69, 9.17) is 0 Å². The zero-order valence-electron chi connectivity index (χ0n) is 8.86. The van der Waals surface area contributed by atoms with E-state index in [0.717, 1.165) is 24.3 Å². The SMILES string of the molecule is CC(C)CCS(=O)CCc1cccs1. The highest BCUT2D eigenvalue weighted by Crippen LogP contribution is 2.10. The topological polar surface area (TPSA) is 17.1 Å². The second kappa shape index (κ2) is 6.36. The highest BCUT2D eigenvalue weighted by atomic mass is 32.2. The Labute approximate surface area is 93.0 Å². The molecule has 0 aliphatic heterocycles. The Morgan fingerprint density at radius 1 is 1.43 bits per heavy atom.